The average molecular weight is 492 g/mol. The number of carbonyl (C=O) groups is 2. The number of nitrogens with zero attached hydrogens (tertiary/aromatic N) is 4. The molecule has 1 aliphatic carbocycles. The van der Waals surface area contributed by atoms with Gasteiger partial charge in [-0.2, -0.15) is 0 Å². The fourth-order valence-electron chi connectivity index (χ4n) is 4.62. The lowest BCUT2D eigenvalue weighted by atomic mass is 9.95. The molecule has 10 heteroatoms. The Labute approximate surface area is 203 Å². The Hall–Kier alpha value is -2.07. The maximum absolute atomic E-state index is 12.7. The van der Waals surface area contributed by atoms with Crippen LogP contribution < -0.4 is 5.32 Å². The molecule has 0 aromatic carbocycles. The number of ether oxygens (including phenoxy) is 1. The van der Waals surface area contributed by atoms with Crippen molar-refractivity contribution >= 4 is 35.1 Å². The predicted molar refractivity (Wildman–Crippen MR) is 130 cm³/mol. The highest BCUT2D eigenvalue weighted by Crippen LogP contribution is 2.33. The van der Waals surface area contributed by atoms with E-state index in [1.807, 2.05) is 6.92 Å². The van der Waals surface area contributed by atoms with Gasteiger partial charge >= 0.3 is 6.09 Å². The summed E-state index contributed by atoms with van der Waals surface area (Å²) in [4.78, 5) is 27.5. The Balaban J connectivity index is 1.32. The van der Waals surface area contributed by atoms with E-state index in [2.05, 4.69) is 37.6 Å². The normalized spacial score (nSPS) is 17.8. The molecule has 8 nitrogen and oxygen atoms in total. The third-order valence-electron chi connectivity index (χ3n) is 6.31. The molecule has 180 valence electrons. The topological polar surface area (TPSA) is 89.3 Å². The number of carbonyl (C=O) groups excluding carboxylic acids is 2. The Morgan fingerprint density at radius 1 is 1.18 bits per heavy atom. The highest BCUT2D eigenvalue weighted by Gasteiger charge is 2.26. The number of amides is 2. The Kier molecular flexibility index (Phi) is 8.66. The summed E-state index contributed by atoms with van der Waals surface area (Å²) in [5.41, 5.74) is 0. The SMILES string of the molecule is CCOC(=O)N1CCC(NC(=O)CSc2nnc(Cc3cccs3)n2C2CCCCC2)CC1. The monoisotopic (exact) mass is 491 g/mol. The van der Waals surface area contributed by atoms with E-state index in [4.69, 9.17) is 4.74 Å². The molecule has 0 atom stereocenters. The number of hydrogen-bond donors (Lipinski definition) is 1. The van der Waals surface area contributed by atoms with E-state index in [9.17, 15) is 9.59 Å². The van der Waals surface area contributed by atoms with E-state index in [-0.39, 0.29) is 18.0 Å². The third kappa shape index (κ3) is 6.50. The van der Waals surface area contributed by atoms with E-state index in [1.54, 1.807) is 16.2 Å². The summed E-state index contributed by atoms with van der Waals surface area (Å²) in [5, 5.41) is 15.1. The van der Waals surface area contributed by atoms with Crippen molar-refractivity contribution in [3.8, 4) is 0 Å². The van der Waals surface area contributed by atoms with Crippen molar-refractivity contribution in [2.24, 2.45) is 0 Å². The van der Waals surface area contributed by atoms with Gasteiger partial charge in [0.25, 0.3) is 0 Å². The molecule has 1 aliphatic heterocycles. The molecule has 2 fully saturated rings. The van der Waals surface area contributed by atoms with Gasteiger partial charge in [0.1, 0.15) is 5.82 Å². The summed E-state index contributed by atoms with van der Waals surface area (Å²) >= 11 is 3.22. The van der Waals surface area contributed by atoms with Crippen molar-refractivity contribution in [1.29, 1.82) is 0 Å². The third-order valence-corrected chi connectivity index (χ3v) is 8.13. The molecule has 3 heterocycles. The van der Waals surface area contributed by atoms with Gasteiger partial charge in [-0.1, -0.05) is 37.1 Å². The van der Waals surface area contributed by atoms with Gasteiger partial charge in [-0.15, -0.1) is 21.5 Å². The van der Waals surface area contributed by atoms with Gasteiger partial charge < -0.3 is 19.5 Å². The van der Waals surface area contributed by atoms with Crippen molar-refractivity contribution in [3.63, 3.8) is 0 Å². The molecule has 2 aliphatic rings. The molecule has 4 rings (SSSR count). The van der Waals surface area contributed by atoms with Crippen LogP contribution in [0.25, 0.3) is 0 Å². The molecule has 0 unspecified atom stereocenters. The molecule has 2 aromatic rings. The molecule has 1 saturated carbocycles. The molecular formula is C23H33N5O3S2. The Morgan fingerprint density at radius 3 is 2.67 bits per heavy atom. The van der Waals surface area contributed by atoms with E-state index in [0.29, 0.717) is 31.5 Å². The number of likely N-dealkylation sites (tertiary alicyclic amines) is 1. The van der Waals surface area contributed by atoms with Crippen molar-refractivity contribution < 1.29 is 14.3 Å². The first-order valence-corrected chi connectivity index (χ1v) is 13.8. The molecule has 33 heavy (non-hydrogen) atoms. The van der Waals surface area contributed by atoms with Crippen LogP contribution in [-0.2, 0) is 16.0 Å². The maximum atomic E-state index is 12.7. The van der Waals surface area contributed by atoms with Crippen LogP contribution >= 0.6 is 23.1 Å². The van der Waals surface area contributed by atoms with Gasteiger partial charge in [0.2, 0.25) is 5.91 Å². The van der Waals surface area contributed by atoms with Crippen LogP contribution in [-0.4, -0.2) is 63.2 Å². The largest absolute Gasteiger partial charge is 0.450 e. The summed E-state index contributed by atoms with van der Waals surface area (Å²) in [6.07, 6.45) is 8.07. The number of nitrogens with one attached hydrogen (secondary N) is 1. The molecule has 1 N–H and O–H groups in total. The van der Waals surface area contributed by atoms with Crippen molar-refractivity contribution in [3.05, 3.63) is 28.2 Å². The molecule has 0 radical (unpaired) electrons. The fraction of sp³-hybridized carbons (Fsp3) is 0.652. The second-order valence-electron chi connectivity index (χ2n) is 8.63. The summed E-state index contributed by atoms with van der Waals surface area (Å²) in [7, 11) is 0. The smallest absolute Gasteiger partial charge is 0.409 e. The van der Waals surface area contributed by atoms with Gasteiger partial charge in [-0.3, -0.25) is 4.79 Å². The molecule has 2 aromatic heterocycles. The zero-order valence-electron chi connectivity index (χ0n) is 19.2. The average Bonchev–Trinajstić information content (AvgIpc) is 3.49. The summed E-state index contributed by atoms with van der Waals surface area (Å²) < 4.78 is 7.36. The molecule has 0 spiro atoms. The molecule has 1 saturated heterocycles. The van der Waals surface area contributed by atoms with Gasteiger partial charge in [0.05, 0.1) is 12.4 Å². The minimum Gasteiger partial charge on any atom is -0.450 e. The number of rotatable bonds is 8. The second kappa shape index (κ2) is 11.9. The Bertz CT molecular complexity index is 903. The quantitative estimate of drug-likeness (QED) is 0.555. The van der Waals surface area contributed by atoms with Crippen LogP contribution in [0.2, 0.25) is 0 Å². The molecule has 0 bridgehead atoms. The van der Waals surface area contributed by atoms with Crippen LogP contribution in [0, 0.1) is 0 Å². The first-order valence-electron chi connectivity index (χ1n) is 11.9. The lowest BCUT2D eigenvalue weighted by Gasteiger charge is -2.31. The van der Waals surface area contributed by atoms with Gasteiger partial charge in [0, 0.05) is 36.5 Å². The highest BCUT2D eigenvalue weighted by atomic mass is 32.2. The highest BCUT2D eigenvalue weighted by molar-refractivity contribution is 7.99. The van der Waals surface area contributed by atoms with Crippen LogP contribution in [0.1, 0.15) is 68.6 Å². The van der Waals surface area contributed by atoms with Crippen LogP contribution in [0.15, 0.2) is 22.7 Å². The first kappa shape index (κ1) is 24.1. The number of aromatic nitrogens is 3. The zero-order valence-corrected chi connectivity index (χ0v) is 20.8. The minimum atomic E-state index is -0.266. The number of piperidine rings is 1. The van der Waals surface area contributed by atoms with E-state index in [0.717, 1.165) is 43.1 Å². The number of thiophene rings is 1. The minimum absolute atomic E-state index is 0.00702. The summed E-state index contributed by atoms with van der Waals surface area (Å²) in [6.45, 7) is 3.41. The summed E-state index contributed by atoms with van der Waals surface area (Å²) in [5.74, 6) is 1.33. The number of thioether (sulfide) groups is 1. The van der Waals surface area contributed by atoms with Crippen LogP contribution in [0.5, 0.6) is 0 Å². The van der Waals surface area contributed by atoms with Crippen LogP contribution in [0.4, 0.5) is 4.79 Å². The fourth-order valence-corrected chi connectivity index (χ4v) is 6.16. The number of hydrogen-bond acceptors (Lipinski definition) is 7. The van der Waals surface area contributed by atoms with E-state index in [1.165, 1.54) is 35.9 Å². The van der Waals surface area contributed by atoms with Crippen molar-refractivity contribution in [1.82, 2.24) is 25.0 Å². The molecular weight excluding hydrogens is 458 g/mol. The van der Waals surface area contributed by atoms with Gasteiger partial charge in [0.15, 0.2) is 5.16 Å². The molecule has 2 amide bonds. The lowest BCUT2D eigenvalue weighted by molar-refractivity contribution is -0.119. The van der Waals surface area contributed by atoms with E-state index >= 15 is 0 Å². The van der Waals surface area contributed by atoms with Gasteiger partial charge in [-0.25, -0.2) is 4.79 Å². The predicted octanol–water partition coefficient (Wildman–Crippen LogP) is 4.26. The maximum Gasteiger partial charge on any atom is 0.409 e. The second-order valence-corrected chi connectivity index (χ2v) is 10.6. The first-order chi connectivity index (χ1) is 16.1. The van der Waals surface area contributed by atoms with E-state index < -0.39 is 0 Å². The zero-order chi connectivity index (χ0) is 23.0. The standard InChI is InChI=1S/C23H33N5O3S2/c1-2-31-23(30)27-12-10-17(11-13-27)24-21(29)16-33-22-26-25-20(15-19-9-6-14-32-19)28(22)18-7-4-3-5-8-18/h6,9,14,17-18H,2-5,7-8,10-13,15-16H2,1H3,(H,24,29). The summed E-state index contributed by atoms with van der Waals surface area (Å²) in [6, 6.07) is 4.72. The van der Waals surface area contributed by atoms with Crippen molar-refractivity contribution in [2.45, 2.75) is 75.5 Å². The lowest BCUT2D eigenvalue weighted by Crippen LogP contribution is -2.47. The van der Waals surface area contributed by atoms with Gasteiger partial charge in [-0.05, 0) is 44.1 Å². The Morgan fingerprint density at radius 2 is 1.97 bits per heavy atom. The van der Waals surface area contributed by atoms with Crippen molar-refractivity contribution in [2.75, 3.05) is 25.4 Å². The van der Waals surface area contributed by atoms with Crippen LogP contribution in [0.3, 0.4) is 0 Å².